The molecule has 0 saturated carbocycles. The van der Waals surface area contributed by atoms with Gasteiger partial charge >= 0.3 is 0 Å². The van der Waals surface area contributed by atoms with Gasteiger partial charge in [0.15, 0.2) is 0 Å². The fraction of sp³-hybridized carbons (Fsp3) is 0.286. The Hall–Kier alpha value is -3.75. The molecule has 0 radical (unpaired) electrons. The Morgan fingerprint density at radius 1 is 1.07 bits per heavy atom. The summed E-state index contributed by atoms with van der Waals surface area (Å²) in [5.74, 6) is 1.95. The number of carbonyl (C=O) groups is 1. The summed E-state index contributed by atoms with van der Waals surface area (Å²) in [4.78, 5) is 34.9. The van der Waals surface area contributed by atoms with Crippen LogP contribution in [0.2, 0.25) is 0 Å². The molecule has 0 saturated heterocycles. The molecule has 156 valence electrons. The first kappa shape index (κ1) is 21.0. The normalized spacial score (nSPS) is 10.5. The molecule has 2 aromatic heterocycles. The summed E-state index contributed by atoms with van der Waals surface area (Å²) in [7, 11) is 0. The standard InChI is InChI=1S/C21H25N7O2/c1-4-27(5-2)19-13-18(23-15(3)24-19)25-16-8-10-17(11-9-16)26-20(29)14-28-21(30)7-6-12-22-28/h6-13H,4-5,14H2,1-3H3,(H,26,29)(H,23,24,25). The summed E-state index contributed by atoms with van der Waals surface area (Å²) in [5, 5.41) is 9.91. The van der Waals surface area contributed by atoms with E-state index in [1.165, 1.54) is 18.3 Å². The maximum Gasteiger partial charge on any atom is 0.267 e. The zero-order valence-electron chi connectivity index (χ0n) is 17.3. The molecule has 2 N–H and O–H groups in total. The van der Waals surface area contributed by atoms with Gasteiger partial charge in [-0.15, -0.1) is 0 Å². The van der Waals surface area contributed by atoms with Crippen molar-refractivity contribution in [2.45, 2.75) is 27.3 Å². The third-order valence-corrected chi connectivity index (χ3v) is 4.43. The fourth-order valence-electron chi connectivity index (χ4n) is 2.95. The van der Waals surface area contributed by atoms with Crippen LogP contribution in [0.15, 0.2) is 53.5 Å². The third kappa shape index (κ3) is 5.40. The van der Waals surface area contributed by atoms with Crippen LogP contribution in [-0.2, 0) is 11.3 Å². The molecule has 0 aliphatic carbocycles. The predicted molar refractivity (Wildman–Crippen MR) is 117 cm³/mol. The van der Waals surface area contributed by atoms with Crippen molar-refractivity contribution in [3.8, 4) is 0 Å². The molecule has 30 heavy (non-hydrogen) atoms. The molecule has 0 unspecified atom stereocenters. The number of nitrogens with zero attached hydrogens (tertiary/aromatic N) is 5. The van der Waals surface area contributed by atoms with Crippen molar-refractivity contribution in [3.63, 3.8) is 0 Å². The minimum Gasteiger partial charge on any atom is -0.357 e. The van der Waals surface area contributed by atoms with E-state index >= 15 is 0 Å². The number of anilines is 4. The second-order valence-electron chi connectivity index (χ2n) is 6.60. The van der Waals surface area contributed by atoms with E-state index in [9.17, 15) is 9.59 Å². The van der Waals surface area contributed by atoms with Crippen molar-refractivity contribution in [1.29, 1.82) is 0 Å². The second-order valence-corrected chi connectivity index (χ2v) is 6.60. The third-order valence-electron chi connectivity index (χ3n) is 4.43. The minimum absolute atomic E-state index is 0.145. The molecule has 0 aliphatic rings. The van der Waals surface area contributed by atoms with Crippen LogP contribution in [0.25, 0.3) is 0 Å². The maximum atomic E-state index is 12.2. The van der Waals surface area contributed by atoms with Crippen molar-refractivity contribution in [2.75, 3.05) is 28.6 Å². The Kier molecular flexibility index (Phi) is 6.74. The lowest BCUT2D eigenvalue weighted by Crippen LogP contribution is -2.28. The maximum absolute atomic E-state index is 12.2. The van der Waals surface area contributed by atoms with Crippen molar-refractivity contribution in [2.24, 2.45) is 0 Å². The van der Waals surface area contributed by atoms with E-state index in [2.05, 4.69) is 44.4 Å². The number of nitrogens with one attached hydrogen (secondary N) is 2. The first-order valence-corrected chi connectivity index (χ1v) is 9.78. The van der Waals surface area contributed by atoms with E-state index in [1.807, 2.05) is 25.1 Å². The molecule has 3 rings (SSSR count). The van der Waals surface area contributed by atoms with Crippen molar-refractivity contribution in [3.05, 3.63) is 64.8 Å². The van der Waals surface area contributed by atoms with E-state index in [0.717, 1.165) is 29.3 Å². The lowest BCUT2D eigenvalue weighted by atomic mass is 10.2. The summed E-state index contributed by atoms with van der Waals surface area (Å²) in [5.41, 5.74) is 1.13. The SMILES string of the molecule is CCN(CC)c1cc(Nc2ccc(NC(=O)Cn3ncccc3=O)cc2)nc(C)n1. The summed E-state index contributed by atoms with van der Waals surface area (Å²) >= 11 is 0. The fourth-order valence-corrected chi connectivity index (χ4v) is 2.95. The van der Waals surface area contributed by atoms with Crippen LogP contribution in [0.4, 0.5) is 23.0 Å². The number of amides is 1. The zero-order valence-corrected chi connectivity index (χ0v) is 17.3. The van der Waals surface area contributed by atoms with Gasteiger partial charge in [-0.25, -0.2) is 14.6 Å². The van der Waals surface area contributed by atoms with Crippen LogP contribution in [0, 0.1) is 6.92 Å². The van der Waals surface area contributed by atoms with Gasteiger partial charge in [-0.3, -0.25) is 9.59 Å². The van der Waals surface area contributed by atoms with Gasteiger partial charge in [0, 0.05) is 42.8 Å². The Labute approximate surface area is 174 Å². The number of hydrogen-bond donors (Lipinski definition) is 2. The van der Waals surface area contributed by atoms with Gasteiger partial charge in [0.25, 0.3) is 5.56 Å². The smallest absolute Gasteiger partial charge is 0.267 e. The van der Waals surface area contributed by atoms with E-state index < -0.39 is 0 Å². The van der Waals surface area contributed by atoms with Gasteiger partial charge in [-0.05, 0) is 51.1 Å². The Morgan fingerprint density at radius 2 is 1.77 bits per heavy atom. The van der Waals surface area contributed by atoms with Gasteiger partial charge in [-0.2, -0.15) is 5.10 Å². The molecule has 1 aromatic carbocycles. The molecule has 9 heteroatoms. The molecular formula is C21H25N7O2. The quantitative estimate of drug-likeness (QED) is 0.591. The minimum atomic E-state index is -0.327. The van der Waals surface area contributed by atoms with Crippen LogP contribution in [0.3, 0.4) is 0 Å². The molecule has 1 amide bonds. The summed E-state index contributed by atoms with van der Waals surface area (Å²) in [6, 6.07) is 12.1. The summed E-state index contributed by atoms with van der Waals surface area (Å²) in [6.45, 7) is 7.63. The van der Waals surface area contributed by atoms with Crippen LogP contribution in [0.5, 0.6) is 0 Å². The average molecular weight is 407 g/mol. The number of aryl methyl sites for hydroxylation is 1. The topological polar surface area (TPSA) is 105 Å². The molecule has 0 fully saturated rings. The number of rotatable bonds is 8. The second kappa shape index (κ2) is 9.64. The highest BCUT2D eigenvalue weighted by Gasteiger charge is 2.09. The van der Waals surface area contributed by atoms with Crippen molar-refractivity contribution < 1.29 is 4.79 Å². The van der Waals surface area contributed by atoms with Gasteiger partial charge in [-0.1, -0.05) is 0 Å². The van der Waals surface area contributed by atoms with Gasteiger partial charge in [0.1, 0.15) is 24.0 Å². The van der Waals surface area contributed by atoms with Gasteiger partial charge in [0.05, 0.1) is 0 Å². The van der Waals surface area contributed by atoms with Gasteiger partial charge < -0.3 is 15.5 Å². The molecule has 3 aromatic rings. The average Bonchev–Trinajstić information content (AvgIpc) is 2.72. The van der Waals surface area contributed by atoms with Crippen LogP contribution >= 0.6 is 0 Å². The van der Waals surface area contributed by atoms with E-state index in [1.54, 1.807) is 12.1 Å². The monoisotopic (exact) mass is 407 g/mol. The van der Waals surface area contributed by atoms with Gasteiger partial charge in [0.2, 0.25) is 5.91 Å². The Bertz CT molecular complexity index is 1060. The highest BCUT2D eigenvalue weighted by atomic mass is 16.2. The number of aromatic nitrogens is 4. The molecule has 0 bridgehead atoms. The first-order chi connectivity index (χ1) is 14.5. The molecule has 0 aliphatic heterocycles. The summed E-state index contributed by atoms with van der Waals surface area (Å²) in [6.07, 6.45) is 1.47. The lowest BCUT2D eigenvalue weighted by molar-refractivity contribution is -0.117. The van der Waals surface area contributed by atoms with Crippen LogP contribution in [0.1, 0.15) is 19.7 Å². The highest BCUT2D eigenvalue weighted by molar-refractivity contribution is 5.90. The van der Waals surface area contributed by atoms with Crippen LogP contribution in [-0.4, -0.2) is 38.7 Å². The first-order valence-electron chi connectivity index (χ1n) is 9.78. The molecule has 0 spiro atoms. The largest absolute Gasteiger partial charge is 0.357 e. The molecule has 0 atom stereocenters. The van der Waals surface area contributed by atoms with Crippen molar-refractivity contribution in [1.82, 2.24) is 19.7 Å². The molecule has 2 heterocycles. The Morgan fingerprint density at radius 3 is 2.43 bits per heavy atom. The van der Waals surface area contributed by atoms with Crippen LogP contribution < -0.4 is 21.1 Å². The Balaban J connectivity index is 1.65. The van der Waals surface area contributed by atoms with Crippen molar-refractivity contribution >= 4 is 28.9 Å². The highest BCUT2D eigenvalue weighted by Crippen LogP contribution is 2.21. The zero-order chi connectivity index (χ0) is 21.5. The number of carbonyl (C=O) groups excluding carboxylic acids is 1. The van der Waals surface area contributed by atoms with E-state index in [-0.39, 0.29) is 18.0 Å². The number of benzene rings is 1. The number of hydrogen-bond acceptors (Lipinski definition) is 7. The molecular weight excluding hydrogens is 382 g/mol. The van der Waals surface area contributed by atoms with E-state index in [0.29, 0.717) is 17.3 Å². The molecule has 9 nitrogen and oxygen atoms in total. The lowest BCUT2D eigenvalue weighted by Gasteiger charge is -2.20. The summed E-state index contributed by atoms with van der Waals surface area (Å²) < 4.78 is 1.11. The van der Waals surface area contributed by atoms with E-state index in [4.69, 9.17) is 0 Å². The predicted octanol–water partition coefficient (Wildman–Crippen LogP) is 2.57.